The van der Waals surface area contributed by atoms with Gasteiger partial charge < -0.3 is 14.6 Å². The molecule has 0 spiro atoms. The minimum Gasteiger partial charge on any atom is -0.383 e. The molecule has 1 heterocycles. The number of nitrogens with one attached hydrogen (secondary N) is 1. The molecule has 0 radical (unpaired) electrons. The predicted octanol–water partition coefficient (Wildman–Crippen LogP) is 3.23. The van der Waals surface area contributed by atoms with E-state index in [9.17, 15) is 0 Å². The first-order chi connectivity index (χ1) is 8.72. The molecule has 0 unspecified atom stereocenters. The van der Waals surface area contributed by atoms with Crippen LogP contribution in [0.4, 0.5) is 11.6 Å². The summed E-state index contributed by atoms with van der Waals surface area (Å²) in [6.45, 7) is 3.37. The van der Waals surface area contributed by atoms with Gasteiger partial charge in [0.05, 0.1) is 17.3 Å². The molecule has 1 aromatic carbocycles. The van der Waals surface area contributed by atoms with Crippen LogP contribution in [-0.4, -0.2) is 23.3 Å². The average Bonchev–Trinajstić information content (AvgIpc) is 2.80. The molecule has 0 aliphatic heterocycles. The first-order valence-corrected chi connectivity index (χ1v) is 6.12. The molecule has 96 valence electrons. The number of nitrogens with zero attached hydrogens (tertiary/aromatic N) is 2. The maximum absolute atomic E-state index is 6.24. The zero-order chi connectivity index (χ0) is 13.0. The Hall–Kier alpha value is -1.52. The molecule has 0 aliphatic carbocycles. The van der Waals surface area contributed by atoms with E-state index in [1.165, 1.54) is 0 Å². The van der Waals surface area contributed by atoms with Crippen molar-refractivity contribution >= 4 is 23.2 Å². The molecule has 0 fully saturated rings. The van der Waals surface area contributed by atoms with E-state index in [-0.39, 0.29) is 0 Å². The van der Waals surface area contributed by atoms with Crippen molar-refractivity contribution in [3.8, 4) is 0 Å². The summed E-state index contributed by atoms with van der Waals surface area (Å²) >= 11 is 6.24. The Labute approximate surface area is 112 Å². The van der Waals surface area contributed by atoms with Gasteiger partial charge >= 0.3 is 0 Å². The molecular weight excluding hydrogens is 250 g/mol. The fourth-order valence-electron chi connectivity index (χ4n) is 1.67. The number of aromatic nitrogens is 2. The van der Waals surface area contributed by atoms with Gasteiger partial charge in [-0.3, -0.25) is 0 Å². The van der Waals surface area contributed by atoms with Crippen molar-refractivity contribution in [1.82, 2.24) is 9.55 Å². The third-order valence-electron chi connectivity index (χ3n) is 2.69. The second kappa shape index (κ2) is 5.89. The number of imidazole rings is 1. The maximum Gasteiger partial charge on any atom is 0.207 e. The lowest BCUT2D eigenvalue weighted by Gasteiger charge is -2.11. The highest BCUT2D eigenvalue weighted by Gasteiger charge is 2.07. The maximum atomic E-state index is 6.24. The van der Waals surface area contributed by atoms with E-state index in [2.05, 4.69) is 10.3 Å². The summed E-state index contributed by atoms with van der Waals surface area (Å²) in [6, 6.07) is 5.88. The number of methoxy groups -OCH3 is 1. The normalized spacial score (nSPS) is 10.6. The topological polar surface area (TPSA) is 39.1 Å². The molecule has 0 atom stereocenters. The third-order valence-corrected chi connectivity index (χ3v) is 3.19. The Kier molecular flexibility index (Phi) is 4.23. The molecule has 0 saturated carbocycles. The van der Waals surface area contributed by atoms with Gasteiger partial charge in [0.2, 0.25) is 5.95 Å². The van der Waals surface area contributed by atoms with Crippen LogP contribution in [0.3, 0.4) is 0 Å². The molecule has 4 nitrogen and oxygen atoms in total. The highest BCUT2D eigenvalue weighted by molar-refractivity contribution is 6.34. The fourth-order valence-corrected chi connectivity index (χ4v) is 1.84. The predicted molar refractivity (Wildman–Crippen MR) is 73.6 cm³/mol. The highest BCUT2D eigenvalue weighted by atomic mass is 35.5. The molecule has 0 aliphatic rings. The molecule has 0 amide bonds. The summed E-state index contributed by atoms with van der Waals surface area (Å²) < 4.78 is 7.05. The second-order valence-electron chi connectivity index (χ2n) is 4.00. The number of ether oxygens (including phenoxy) is 1. The summed E-state index contributed by atoms with van der Waals surface area (Å²) in [5, 5.41) is 3.96. The average molecular weight is 266 g/mol. The summed E-state index contributed by atoms with van der Waals surface area (Å²) in [7, 11) is 1.68. The minimum absolute atomic E-state index is 0.645. The number of hydrogen-bond acceptors (Lipinski definition) is 3. The molecule has 0 saturated heterocycles. The van der Waals surface area contributed by atoms with E-state index in [1.807, 2.05) is 35.9 Å². The van der Waals surface area contributed by atoms with Gasteiger partial charge in [-0.15, -0.1) is 0 Å². The van der Waals surface area contributed by atoms with Crippen LogP contribution >= 0.6 is 11.6 Å². The van der Waals surface area contributed by atoms with Crippen LogP contribution in [0.15, 0.2) is 30.6 Å². The van der Waals surface area contributed by atoms with Gasteiger partial charge in [-0.2, -0.15) is 0 Å². The monoisotopic (exact) mass is 265 g/mol. The molecule has 2 aromatic rings. The van der Waals surface area contributed by atoms with Crippen LogP contribution in [0.5, 0.6) is 0 Å². The van der Waals surface area contributed by atoms with Crippen LogP contribution in [0.25, 0.3) is 0 Å². The van der Waals surface area contributed by atoms with Gasteiger partial charge in [0.15, 0.2) is 0 Å². The van der Waals surface area contributed by atoms with Crippen LogP contribution in [0, 0.1) is 6.92 Å². The molecule has 1 N–H and O–H groups in total. The molecule has 2 rings (SSSR count). The lowest BCUT2D eigenvalue weighted by molar-refractivity contribution is 0.188. The third kappa shape index (κ3) is 2.83. The zero-order valence-corrected chi connectivity index (χ0v) is 11.2. The minimum atomic E-state index is 0.645. The summed E-state index contributed by atoms with van der Waals surface area (Å²) in [4.78, 5) is 4.27. The second-order valence-corrected chi connectivity index (χ2v) is 4.38. The van der Waals surface area contributed by atoms with Crippen LogP contribution in [0.1, 0.15) is 5.56 Å². The smallest absolute Gasteiger partial charge is 0.207 e. The standard InChI is InChI=1S/C13H16ClN3O/c1-10-4-3-5-11(12(10)14)16-13-15-6-7-17(13)8-9-18-2/h3-7H,8-9H2,1-2H3,(H,15,16). The lowest BCUT2D eigenvalue weighted by atomic mass is 10.2. The number of benzene rings is 1. The van der Waals surface area contributed by atoms with Crippen molar-refractivity contribution in [3.05, 3.63) is 41.2 Å². The van der Waals surface area contributed by atoms with Crippen LogP contribution < -0.4 is 5.32 Å². The zero-order valence-electron chi connectivity index (χ0n) is 10.5. The van der Waals surface area contributed by atoms with E-state index in [1.54, 1.807) is 13.3 Å². The number of anilines is 2. The van der Waals surface area contributed by atoms with Crippen molar-refractivity contribution in [2.45, 2.75) is 13.5 Å². The van der Waals surface area contributed by atoms with Crippen molar-refractivity contribution in [2.75, 3.05) is 19.0 Å². The number of rotatable bonds is 5. The molecule has 1 aromatic heterocycles. The SMILES string of the molecule is COCCn1ccnc1Nc1cccc(C)c1Cl. The Bertz CT molecular complexity index is 525. The van der Waals surface area contributed by atoms with Gasteiger partial charge in [0.1, 0.15) is 0 Å². The van der Waals surface area contributed by atoms with E-state index in [0.717, 1.165) is 28.8 Å². The Morgan fingerprint density at radius 3 is 3.06 bits per heavy atom. The van der Waals surface area contributed by atoms with Gasteiger partial charge in [-0.25, -0.2) is 4.98 Å². The van der Waals surface area contributed by atoms with E-state index >= 15 is 0 Å². The summed E-state index contributed by atoms with van der Waals surface area (Å²) in [5.74, 6) is 0.763. The van der Waals surface area contributed by atoms with Gasteiger partial charge in [0, 0.05) is 26.0 Å². The summed E-state index contributed by atoms with van der Waals surface area (Å²) in [6.07, 6.45) is 3.66. The Morgan fingerprint density at radius 1 is 1.44 bits per heavy atom. The van der Waals surface area contributed by atoms with Crippen LogP contribution in [0.2, 0.25) is 5.02 Å². The molecular formula is C13H16ClN3O. The largest absolute Gasteiger partial charge is 0.383 e. The van der Waals surface area contributed by atoms with Gasteiger partial charge in [-0.05, 0) is 18.6 Å². The van der Waals surface area contributed by atoms with E-state index in [0.29, 0.717) is 6.61 Å². The number of halogens is 1. The molecule has 0 bridgehead atoms. The van der Waals surface area contributed by atoms with Crippen molar-refractivity contribution in [2.24, 2.45) is 0 Å². The first kappa shape index (κ1) is 12.9. The van der Waals surface area contributed by atoms with Crippen LogP contribution in [-0.2, 0) is 11.3 Å². The van der Waals surface area contributed by atoms with Crippen molar-refractivity contribution < 1.29 is 4.74 Å². The van der Waals surface area contributed by atoms with E-state index < -0.39 is 0 Å². The molecule has 5 heteroatoms. The van der Waals surface area contributed by atoms with Crippen molar-refractivity contribution in [1.29, 1.82) is 0 Å². The van der Waals surface area contributed by atoms with E-state index in [4.69, 9.17) is 16.3 Å². The Morgan fingerprint density at radius 2 is 2.28 bits per heavy atom. The number of aryl methyl sites for hydroxylation is 1. The summed E-state index contributed by atoms with van der Waals surface area (Å²) in [5.41, 5.74) is 1.90. The quantitative estimate of drug-likeness (QED) is 0.902. The van der Waals surface area contributed by atoms with Gasteiger partial charge in [0.25, 0.3) is 0 Å². The molecule has 18 heavy (non-hydrogen) atoms. The van der Waals surface area contributed by atoms with Gasteiger partial charge in [-0.1, -0.05) is 23.7 Å². The highest BCUT2D eigenvalue weighted by Crippen LogP contribution is 2.27. The Balaban J connectivity index is 2.18. The first-order valence-electron chi connectivity index (χ1n) is 5.74. The van der Waals surface area contributed by atoms with Crippen molar-refractivity contribution in [3.63, 3.8) is 0 Å². The fraction of sp³-hybridized carbons (Fsp3) is 0.308. The number of hydrogen-bond donors (Lipinski definition) is 1. The lowest BCUT2D eigenvalue weighted by Crippen LogP contribution is -2.07.